The lowest BCUT2D eigenvalue weighted by atomic mass is 9.88. The van der Waals surface area contributed by atoms with E-state index in [0.29, 0.717) is 18.3 Å². The summed E-state index contributed by atoms with van der Waals surface area (Å²) in [5.41, 5.74) is 0.895. The van der Waals surface area contributed by atoms with Crippen molar-refractivity contribution in [2.75, 3.05) is 0 Å². The Bertz CT molecular complexity index is 350. The molecule has 1 aromatic rings. The molecular weight excluding hydrogens is 203 g/mol. The number of halogens is 1. The van der Waals surface area contributed by atoms with Crippen LogP contribution in [0.4, 0.5) is 4.39 Å². The molecule has 1 aliphatic rings. The molecule has 0 aliphatic heterocycles. The van der Waals surface area contributed by atoms with Gasteiger partial charge in [0.05, 0.1) is 6.10 Å². The van der Waals surface area contributed by atoms with Gasteiger partial charge in [-0.3, -0.25) is 0 Å². The van der Waals surface area contributed by atoms with Gasteiger partial charge in [0.25, 0.3) is 0 Å². The van der Waals surface area contributed by atoms with Gasteiger partial charge in [-0.05, 0) is 42.4 Å². The van der Waals surface area contributed by atoms with Gasteiger partial charge in [0.2, 0.25) is 0 Å². The van der Waals surface area contributed by atoms with Crippen LogP contribution in [-0.4, -0.2) is 11.2 Å². The minimum Gasteiger partial charge on any atom is -0.392 e. The van der Waals surface area contributed by atoms with Crippen molar-refractivity contribution in [3.8, 4) is 0 Å². The molecule has 0 amide bonds. The molecule has 0 radical (unpaired) electrons. The molecular formula is C14H19FO. The van der Waals surface area contributed by atoms with Gasteiger partial charge in [0.15, 0.2) is 0 Å². The number of hydrogen-bond acceptors (Lipinski definition) is 1. The Hall–Kier alpha value is -0.890. The Kier molecular flexibility index (Phi) is 3.59. The molecule has 1 N–H and O–H groups in total. The quantitative estimate of drug-likeness (QED) is 0.833. The summed E-state index contributed by atoms with van der Waals surface area (Å²) >= 11 is 0. The molecule has 3 atom stereocenters. The monoisotopic (exact) mass is 222 g/mol. The third-order valence-corrected chi connectivity index (χ3v) is 3.76. The van der Waals surface area contributed by atoms with Crippen LogP contribution in [0.3, 0.4) is 0 Å². The predicted octanol–water partition coefficient (Wildman–Crippen LogP) is 3.17. The molecule has 0 bridgehead atoms. The molecule has 0 spiro atoms. The number of aliphatic hydroxyl groups excluding tert-OH is 1. The summed E-state index contributed by atoms with van der Waals surface area (Å²) in [6.45, 7) is 2.20. The van der Waals surface area contributed by atoms with Crippen LogP contribution in [-0.2, 0) is 6.42 Å². The molecule has 1 nitrogen and oxygen atoms in total. The van der Waals surface area contributed by atoms with E-state index in [-0.39, 0.29) is 11.9 Å². The third kappa shape index (κ3) is 2.62. The highest BCUT2D eigenvalue weighted by Gasteiger charge is 2.29. The van der Waals surface area contributed by atoms with E-state index in [1.807, 2.05) is 6.07 Å². The van der Waals surface area contributed by atoms with Crippen molar-refractivity contribution in [1.29, 1.82) is 0 Å². The SMILES string of the molecule is CC1CCCC1C(O)Cc1cccc(F)c1. The topological polar surface area (TPSA) is 20.2 Å². The van der Waals surface area contributed by atoms with Gasteiger partial charge >= 0.3 is 0 Å². The van der Waals surface area contributed by atoms with E-state index in [0.717, 1.165) is 12.0 Å². The molecule has 2 heteroatoms. The third-order valence-electron chi connectivity index (χ3n) is 3.76. The van der Waals surface area contributed by atoms with Crippen LogP contribution in [0.25, 0.3) is 0 Å². The normalized spacial score (nSPS) is 26.9. The second-order valence-electron chi connectivity index (χ2n) is 4.97. The fourth-order valence-electron chi connectivity index (χ4n) is 2.80. The highest BCUT2D eigenvalue weighted by Crippen LogP contribution is 2.34. The first-order chi connectivity index (χ1) is 7.66. The zero-order chi connectivity index (χ0) is 11.5. The number of hydrogen-bond donors (Lipinski definition) is 1. The second kappa shape index (κ2) is 4.96. The minimum absolute atomic E-state index is 0.218. The van der Waals surface area contributed by atoms with E-state index in [1.54, 1.807) is 6.07 Å². The van der Waals surface area contributed by atoms with Crippen LogP contribution >= 0.6 is 0 Å². The predicted molar refractivity (Wildman–Crippen MR) is 62.6 cm³/mol. The molecule has 88 valence electrons. The maximum atomic E-state index is 13.0. The van der Waals surface area contributed by atoms with Crippen LogP contribution in [0.5, 0.6) is 0 Å². The van der Waals surface area contributed by atoms with Crippen LogP contribution in [0.2, 0.25) is 0 Å². The van der Waals surface area contributed by atoms with Crippen molar-refractivity contribution in [1.82, 2.24) is 0 Å². The van der Waals surface area contributed by atoms with Crippen LogP contribution in [0.15, 0.2) is 24.3 Å². The minimum atomic E-state index is -0.320. The number of aliphatic hydroxyl groups is 1. The molecule has 1 fully saturated rings. The number of rotatable bonds is 3. The Balaban J connectivity index is 1.99. The van der Waals surface area contributed by atoms with Crippen LogP contribution in [0.1, 0.15) is 31.7 Å². The lowest BCUT2D eigenvalue weighted by molar-refractivity contribution is 0.0901. The van der Waals surface area contributed by atoms with Gasteiger partial charge < -0.3 is 5.11 Å². The molecule has 1 aromatic carbocycles. The van der Waals surface area contributed by atoms with E-state index in [9.17, 15) is 9.50 Å². The van der Waals surface area contributed by atoms with Gasteiger partial charge in [0.1, 0.15) is 5.82 Å². The van der Waals surface area contributed by atoms with Crippen LogP contribution < -0.4 is 0 Å². The zero-order valence-electron chi connectivity index (χ0n) is 9.70. The molecule has 1 aliphatic carbocycles. The summed E-state index contributed by atoms with van der Waals surface area (Å²) in [6.07, 6.45) is 3.79. The van der Waals surface area contributed by atoms with Crippen molar-refractivity contribution < 1.29 is 9.50 Å². The van der Waals surface area contributed by atoms with Crippen molar-refractivity contribution in [3.05, 3.63) is 35.6 Å². The highest BCUT2D eigenvalue weighted by molar-refractivity contribution is 5.17. The molecule has 0 saturated heterocycles. The first kappa shape index (κ1) is 11.6. The van der Waals surface area contributed by atoms with E-state index in [1.165, 1.54) is 25.0 Å². The van der Waals surface area contributed by atoms with Crippen molar-refractivity contribution in [2.24, 2.45) is 11.8 Å². The average molecular weight is 222 g/mol. The highest BCUT2D eigenvalue weighted by atomic mass is 19.1. The lowest BCUT2D eigenvalue weighted by Gasteiger charge is -2.22. The molecule has 1 saturated carbocycles. The average Bonchev–Trinajstić information content (AvgIpc) is 2.64. The van der Waals surface area contributed by atoms with Gasteiger partial charge in [0, 0.05) is 0 Å². The lowest BCUT2D eigenvalue weighted by Crippen LogP contribution is -2.24. The van der Waals surface area contributed by atoms with Gasteiger partial charge in [-0.1, -0.05) is 31.9 Å². The van der Waals surface area contributed by atoms with E-state index >= 15 is 0 Å². The largest absolute Gasteiger partial charge is 0.392 e. The maximum Gasteiger partial charge on any atom is 0.123 e. The number of benzene rings is 1. The van der Waals surface area contributed by atoms with E-state index in [2.05, 4.69) is 6.92 Å². The van der Waals surface area contributed by atoms with Crippen LogP contribution in [0, 0.1) is 17.7 Å². The molecule has 0 aromatic heterocycles. The Morgan fingerprint density at radius 3 is 2.88 bits per heavy atom. The van der Waals surface area contributed by atoms with Gasteiger partial charge in [-0.2, -0.15) is 0 Å². The maximum absolute atomic E-state index is 13.0. The summed E-state index contributed by atoms with van der Waals surface area (Å²) in [5, 5.41) is 10.1. The summed E-state index contributed by atoms with van der Waals surface area (Å²) in [4.78, 5) is 0. The van der Waals surface area contributed by atoms with Crippen molar-refractivity contribution in [3.63, 3.8) is 0 Å². The van der Waals surface area contributed by atoms with Gasteiger partial charge in [-0.25, -0.2) is 4.39 Å². The molecule has 3 unspecified atom stereocenters. The Morgan fingerprint density at radius 1 is 1.44 bits per heavy atom. The first-order valence-electron chi connectivity index (χ1n) is 6.09. The van der Waals surface area contributed by atoms with E-state index in [4.69, 9.17) is 0 Å². The molecule has 0 heterocycles. The van der Waals surface area contributed by atoms with E-state index < -0.39 is 0 Å². The Labute approximate surface area is 96.3 Å². The summed E-state index contributed by atoms with van der Waals surface area (Å²) in [5.74, 6) is 0.774. The fraction of sp³-hybridized carbons (Fsp3) is 0.571. The summed E-state index contributed by atoms with van der Waals surface area (Å²) < 4.78 is 13.0. The van der Waals surface area contributed by atoms with Crippen molar-refractivity contribution in [2.45, 2.75) is 38.7 Å². The standard InChI is InChI=1S/C14H19FO/c1-10-4-2-7-13(10)14(16)9-11-5-3-6-12(15)8-11/h3,5-6,8,10,13-14,16H,2,4,7,9H2,1H3. The second-order valence-corrected chi connectivity index (χ2v) is 4.97. The Morgan fingerprint density at radius 2 is 2.25 bits per heavy atom. The summed E-state index contributed by atoms with van der Waals surface area (Å²) in [6, 6.07) is 6.54. The molecule has 16 heavy (non-hydrogen) atoms. The smallest absolute Gasteiger partial charge is 0.123 e. The fourth-order valence-corrected chi connectivity index (χ4v) is 2.80. The zero-order valence-corrected chi connectivity index (χ0v) is 9.70. The van der Waals surface area contributed by atoms with Crippen molar-refractivity contribution >= 4 is 0 Å². The summed E-state index contributed by atoms with van der Waals surface area (Å²) in [7, 11) is 0. The first-order valence-corrected chi connectivity index (χ1v) is 6.09. The van der Waals surface area contributed by atoms with Gasteiger partial charge in [-0.15, -0.1) is 0 Å². The molecule has 2 rings (SSSR count).